The Morgan fingerprint density at radius 1 is 1.29 bits per heavy atom. The number of hydrogen-bond acceptors (Lipinski definition) is 3. The van der Waals surface area contributed by atoms with E-state index in [1.165, 1.54) is 5.56 Å². The van der Waals surface area contributed by atoms with Gasteiger partial charge < -0.3 is 10.1 Å². The fraction of sp³-hybridized carbons (Fsp3) is 0.667. The van der Waals surface area contributed by atoms with Gasteiger partial charge >= 0.3 is 0 Å². The van der Waals surface area contributed by atoms with Crippen molar-refractivity contribution in [1.82, 2.24) is 10.2 Å². The Labute approximate surface area is 128 Å². The summed E-state index contributed by atoms with van der Waals surface area (Å²) in [5.74, 6) is 1.71. The summed E-state index contributed by atoms with van der Waals surface area (Å²) < 4.78 is 5.79. The average molecular weight is 288 g/mol. The van der Waals surface area contributed by atoms with Gasteiger partial charge in [-0.05, 0) is 23.5 Å². The van der Waals surface area contributed by atoms with Crippen LogP contribution in [0.4, 0.5) is 0 Å². The maximum Gasteiger partial charge on any atom is 0.122 e. The zero-order chi connectivity index (χ0) is 14.9. The van der Waals surface area contributed by atoms with Crippen LogP contribution in [0.25, 0.3) is 0 Å². The Hall–Kier alpha value is -1.06. The van der Waals surface area contributed by atoms with Gasteiger partial charge in [-0.25, -0.2) is 0 Å². The van der Waals surface area contributed by atoms with Gasteiger partial charge in [0, 0.05) is 38.1 Å². The molecule has 0 aromatic heterocycles. The fourth-order valence-corrected chi connectivity index (χ4v) is 3.47. The SMILES string of the molecule is CC(C)(C)C1CN(CC2CCOc3ccccc32)CCN1. The fourth-order valence-electron chi connectivity index (χ4n) is 3.47. The highest BCUT2D eigenvalue weighted by Gasteiger charge is 2.31. The minimum absolute atomic E-state index is 0.326. The van der Waals surface area contributed by atoms with Gasteiger partial charge in [-0.2, -0.15) is 0 Å². The lowest BCUT2D eigenvalue weighted by molar-refractivity contribution is 0.121. The van der Waals surface area contributed by atoms with Crippen LogP contribution < -0.4 is 10.1 Å². The zero-order valence-corrected chi connectivity index (χ0v) is 13.6. The predicted octanol–water partition coefficient (Wildman–Crippen LogP) is 2.87. The Bertz CT molecular complexity index is 480. The summed E-state index contributed by atoms with van der Waals surface area (Å²) in [6.45, 7) is 12.4. The predicted molar refractivity (Wildman–Crippen MR) is 87.0 cm³/mol. The van der Waals surface area contributed by atoms with Gasteiger partial charge in [-0.15, -0.1) is 0 Å². The molecule has 3 nitrogen and oxygen atoms in total. The molecule has 0 aliphatic carbocycles. The first-order valence-electron chi connectivity index (χ1n) is 8.21. The van der Waals surface area contributed by atoms with E-state index in [9.17, 15) is 0 Å². The van der Waals surface area contributed by atoms with E-state index in [1.54, 1.807) is 0 Å². The topological polar surface area (TPSA) is 24.5 Å². The van der Waals surface area contributed by atoms with Gasteiger partial charge in [0.2, 0.25) is 0 Å². The molecule has 116 valence electrons. The molecule has 3 heteroatoms. The molecule has 1 aromatic rings. The van der Waals surface area contributed by atoms with E-state index in [4.69, 9.17) is 4.74 Å². The molecule has 21 heavy (non-hydrogen) atoms. The lowest BCUT2D eigenvalue weighted by atomic mass is 9.85. The molecule has 1 aromatic carbocycles. The minimum Gasteiger partial charge on any atom is -0.493 e. The summed E-state index contributed by atoms with van der Waals surface area (Å²) in [4.78, 5) is 2.64. The normalized spacial score (nSPS) is 27.0. The third-order valence-corrected chi connectivity index (χ3v) is 4.87. The van der Waals surface area contributed by atoms with E-state index in [-0.39, 0.29) is 0 Å². The van der Waals surface area contributed by atoms with Gasteiger partial charge in [0.1, 0.15) is 5.75 Å². The Morgan fingerprint density at radius 3 is 2.90 bits per heavy atom. The molecule has 2 aliphatic heterocycles. The third-order valence-electron chi connectivity index (χ3n) is 4.87. The molecule has 1 fully saturated rings. The number of hydrogen-bond donors (Lipinski definition) is 1. The first-order valence-corrected chi connectivity index (χ1v) is 8.21. The molecule has 3 rings (SSSR count). The number of ether oxygens (including phenoxy) is 1. The quantitative estimate of drug-likeness (QED) is 0.905. The molecule has 0 radical (unpaired) electrons. The van der Waals surface area contributed by atoms with Crippen LogP contribution in [0.3, 0.4) is 0 Å². The Balaban J connectivity index is 1.67. The van der Waals surface area contributed by atoms with Crippen LogP contribution in [-0.2, 0) is 0 Å². The molecule has 2 heterocycles. The third kappa shape index (κ3) is 3.41. The monoisotopic (exact) mass is 288 g/mol. The Kier molecular flexibility index (Phi) is 4.23. The first-order chi connectivity index (χ1) is 10.0. The van der Waals surface area contributed by atoms with Crippen molar-refractivity contribution in [1.29, 1.82) is 0 Å². The van der Waals surface area contributed by atoms with Crippen LogP contribution in [0, 0.1) is 5.41 Å². The standard InChI is InChI=1S/C18H28N2O/c1-18(2,3)17-13-20(10-9-19-17)12-14-8-11-21-16-7-5-4-6-15(14)16/h4-7,14,17,19H,8-13H2,1-3H3. The maximum absolute atomic E-state index is 5.79. The number of piperazine rings is 1. The lowest BCUT2D eigenvalue weighted by Crippen LogP contribution is -2.56. The van der Waals surface area contributed by atoms with Crippen molar-refractivity contribution >= 4 is 0 Å². The van der Waals surface area contributed by atoms with Crippen molar-refractivity contribution in [3.8, 4) is 5.75 Å². The second-order valence-corrected chi connectivity index (χ2v) is 7.50. The number of benzene rings is 1. The van der Waals surface area contributed by atoms with Crippen LogP contribution in [-0.4, -0.2) is 43.7 Å². The van der Waals surface area contributed by atoms with Crippen LogP contribution in [0.2, 0.25) is 0 Å². The second kappa shape index (κ2) is 5.98. The van der Waals surface area contributed by atoms with Crippen molar-refractivity contribution < 1.29 is 4.74 Å². The molecule has 0 bridgehead atoms. The first kappa shape index (κ1) is 14.9. The molecule has 0 spiro atoms. The van der Waals surface area contributed by atoms with Crippen molar-refractivity contribution in [2.75, 3.05) is 32.8 Å². The summed E-state index contributed by atoms with van der Waals surface area (Å²) in [5, 5.41) is 3.68. The van der Waals surface area contributed by atoms with E-state index in [2.05, 4.69) is 55.3 Å². The van der Waals surface area contributed by atoms with E-state index >= 15 is 0 Å². The molecule has 2 atom stereocenters. The van der Waals surface area contributed by atoms with E-state index in [1.807, 2.05) is 0 Å². The molecule has 0 amide bonds. The number of rotatable bonds is 2. The highest BCUT2D eigenvalue weighted by Crippen LogP contribution is 2.34. The lowest BCUT2D eigenvalue weighted by Gasteiger charge is -2.42. The van der Waals surface area contributed by atoms with Crippen LogP contribution in [0.15, 0.2) is 24.3 Å². The van der Waals surface area contributed by atoms with E-state index < -0.39 is 0 Å². The van der Waals surface area contributed by atoms with Crippen molar-refractivity contribution in [2.24, 2.45) is 5.41 Å². The Morgan fingerprint density at radius 2 is 2.10 bits per heavy atom. The molecular formula is C18H28N2O. The minimum atomic E-state index is 0.326. The summed E-state index contributed by atoms with van der Waals surface area (Å²) in [6.07, 6.45) is 1.14. The average Bonchev–Trinajstić information content (AvgIpc) is 2.47. The summed E-state index contributed by atoms with van der Waals surface area (Å²) in [7, 11) is 0. The zero-order valence-electron chi connectivity index (χ0n) is 13.6. The van der Waals surface area contributed by atoms with Crippen molar-refractivity contribution in [2.45, 2.75) is 39.2 Å². The maximum atomic E-state index is 5.79. The van der Waals surface area contributed by atoms with Gasteiger partial charge in [0.25, 0.3) is 0 Å². The van der Waals surface area contributed by atoms with Gasteiger partial charge in [-0.1, -0.05) is 39.0 Å². The van der Waals surface area contributed by atoms with Gasteiger partial charge in [-0.3, -0.25) is 4.90 Å². The summed E-state index contributed by atoms with van der Waals surface area (Å²) >= 11 is 0. The summed E-state index contributed by atoms with van der Waals surface area (Å²) in [5.41, 5.74) is 1.72. The molecule has 2 unspecified atom stereocenters. The number of para-hydroxylation sites is 1. The molecule has 2 aliphatic rings. The number of nitrogens with one attached hydrogen (secondary N) is 1. The van der Waals surface area contributed by atoms with Crippen LogP contribution in [0.1, 0.15) is 38.7 Å². The largest absolute Gasteiger partial charge is 0.493 e. The van der Waals surface area contributed by atoms with Crippen LogP contribution >= 0.6 is 0 Å². The van der Waals surface area contributed by atoms with E-state index in [0.717, 1.165) is 45.0 Å². The van der Waals surface area contributed by atoms with Gasteiger partial charge in [0.05, 0.1) is 6.61 Å². The van der Waals surface area contributed by atoms with Crippen LogP contribution in [0.5, 0.6) is 5.75 Å². The molecule has 1 saturated heterocycles. The van der Waals surface area contributed by atoms with Gasteiger partial charge in [0.15, 0.2) is 0 Å². The highest BCUT2D eigenvalue weighted by molar-refractivity contribution is 5.37. The van der Waals surface area contributed by atoms with E-state index in [0.29, 0.717) is 17.4 Å². The second-order valence-electron chi connectivity index (χ2n) is 7.50. The molecular weight excluding hydrogens is 260 g/mol. The molecule has 0 saturated carbocycles. The summed E-state index contributed by atoms with van der Waals surface area (Å²) in [6, 6.07) is 9.14. The molecule has 1 N–H and O–H groups in total. The number of nitrogens with zero attached hydrogens (tertiary/aromatic N) is 1. The van der Waals surface area contributed by atoms with Crippen molar-refractivity contribution in [3.05, 3.63) is 29.8 Å². The van der Waals surface area contributed by atoms with Crippen molar-refractivity contribution in [3.63, 3.8) is 0 Å². The number of fused-ring (bicyclic) bond motifs is 1. The highest BCUT2D eigenvalue weighted by atomic mass is 16.5. The smallest absolute Gasteiger partial charge is 0.122 e.